The fourth-order valence-corrected chi connectivity index (χ4v) is 2.79. The van der Waals surface area contributed by atoms with Gasteiger partial charge in [0.25, 0.3) is 11.2 Å². The van der Waals surface area contributed by atoms with Gasteiger partial charge in [-0.1, -0.05) is 0 Å². The number of hydrazone groups is 1. The number of fused-ring (bicyclic) bond motifs is 1. The van der Waals surface area contributed by atoms with E-state index in [1.807, 2.05) is 0 Å². The summed E-state index contributed by atoms with van der Waals surface area (Å²) in [6.45, 7) is 0.933. The maximum Gasteiger partial charge on any atom is 0.329 e. The van der Waals surface area contributed by atoms with E-state index in [4.69, 9.17) is 0 Å². The molecular weight excluding hydrogens is 398 g/mol. The summed E-state index contributed by atoms with van der Waals surface area (Å²) in [4.78, 5) is 40.8. The number of nitro benzene ring substituents is 1. The Hall–Kier alpha value is -3.84. The number of nitro groups is 1. The van der Waals surface area contributed by atoms with Gasteiger partial charge in [-0.2, -0.15) is 10.1 Å². The number of rotatable bonds is 7. The van der Waals surface area contributed by atoms with Gasteiger partial charge in [-0.3, -0.25) is 24.5 Å². The number of nitrogens with one attached hydrogen (secondary N) is 2. The molecule has 1 unspecified atom stereocenters. The third-order valence-corrected chi connectivity index (χ3v) is 4.43. The first-order valence-electron chi connectivity index (χ1n) is 8.76. The van der Waals surface area contributed by atoms with Crippen LogP contribution in [0, 0.1) is 10.1 Å². The predicted octanol–water partition coefficient (Wildman–Crippen LogP) is -0.479. The van der Waals surface area contributed by atoms with Crippen LogP contribution in [0.3, 0.4) is 0 Å². The third-order valence-electron chi connectivity index (χ3n) is 4.43. The highest BCUT2D eigenvalue weighted by Gasteiger charge is 2.19. The van der Waals surface area contributed by atoms with Crippen LogP contribution >= 0.6 is 0 Å². The summed E-state index contributed by atoms with van der Waals surface area (Å²) in [6.07, 6.45) is -1.18. The molecule has 3 rings (SSSR count). The third kappa shape index (κ3) is 3.97. The van der Waals surface area contributed by atoms with E-state index in [2.05, 4.69) is 20.5 Å². The second-order valence-electron chi connectivity index (χ2n) is 6.49. The number of hydrogen-bond acceptors (Lipinski definition) is 9. The molecule has 30 heavy (non-hydrogen) atoms. The number of aromatic nitrogens is 4. The number of hydrogen-bond donors (Lipinski definition) is 4. The van der Waals surface area contributed by atoms with Crippen molar-refractivity contribution in [3.8, 4) is 0 Å². The van der Waals surface area contributed by atoms with Gasteiger partial charge >= 0.3 is 5.69 Å². The summed E-state index contributed by atoms with van der Waals surface area (Å²) in [5.74, 6) is 0.0606. The Labute approximate surface area is 168 Å². The SMILES string of the molecule is C/C(=N\Nc1nc2c(c(=O)[nH]c(=O)n2C)n1CC(O)CO)c1ccc([N+](=O)[O-])cc1. The molecule has 2 heterocycles. The van der Waals surface area contributed by atoms with Crippen LogP contribution in [-0.4, -0.2) is 52.7 Å². The monoisotopic (exact) mass is 417 g/mol. The van der Waals surface area contributed by atoms with Crippen molar-refractivity contribution in [1.82, 2.24) is 19.1 Å². The summed E-state index contributed by atoms with van der Waals surface area (Å²) in [5, 5.41) is 34.0. The Morgan fingerprint density at radius 2 is 2.03 bits per heavy atom. The second kappa shape index (κ2) is 8.26. The standard InChI is InChI=1S/C17H19N7O6/c1-9(10-3-5-11(6-4-10)24(29)30)20-21-16-18-14-13(23(16)7-12(26)8-25)15(27)19-17(28)22(14)2/h3-6,12,25-26H,7-8H2,1-2H3,(H,18,21)(H,19,27,28)/b20-9+. The molecule has 2 aromatic heterocycles. The molecule has 0 aliphatic heterocycles. The van der Waals surface area contributed by atoms with Crippen molar-refractivity contribution in [1.29, 1.82) is 0 Å². The molecular formula is C17H19N7O6. The predicted molar refractivity (Wildman–Crippen MR) is 108 cm³/mol. The van der Waals surface area contributed by atoms with E-state index in [0.29, 0.717) is 11.3 Å². The summed E-state index contributed by atoms with van der Waals surface area (Å²) >= 11 is 0. The number of anilines is 1. The number of H-pyrrole nitrogens is 1. The Bertz CT molecular complexity index is 1240. The van der Waals surface area contributed by atoms with Crippen molar-refractivity contribution < 1.29 is 15.1 Å². The van der Waals surface area contributed by atoms with Crippen molar-refractivity contribution in [3.63, 3.8) is 0 Å². The highest BCUT2D eigenvalue weighted by atomic mass is 16.6. The molecule has 1 atom stereocenters. The first-order valence-corrected chi connectivity index (χ1v) is 8.76. The van der Waals surface area contributed by atoms with E-state index >= 15 is 0 Å². The lowest BCUT2D eigenvalue weighted by Gasteiger charge is -2.12. The summed E-state index contributed by atoms with van der Waals surface area (Å²) < 4.78 is 2.44. The van der Waals surface area contributed by atoms with Crippen LogP contribution < -0.4 is 16.7 Å². The van der Waals surface area contributed by atoms with E-state index in [0.717, 1.165) is 4.57 Å². The number of non-ortho nitro benzene ring substituents is 1. The zero-order chi connectivity index (χ0) is 22.0. The quantitative estimate of drug-likeness (QED) is 0.226. The van der Waals surface area contributed by atoms with Crippen LogP contribution in [0.15, 0.2) is 39.0 Å². The Morgan fingerprint density at radius 1 is 1.37 bits per heavy atom. The molecule has 13 nitrogen and oxygen atoms in total. The molecule has 0 aliphatic carbocycles. The molecule has 1 aromatic carbocycles. The second-order valence-corrected chi connectivity index (χ2v) is 6.49. The van der Waals surface area contributed by atoms with Crippen molar-refractivity contribution in [2.24, 2.45) is 12.1 Å². The number of aromatic amines is 1. The summed E-state index contributed by atoms with van der Waals surface area (Å²) in [5.41, 5.74) is 2.44. The Balaban J connectivity index is 2.03. The van der Waals surface area contributed by atoms with Gasteiger partial charge in [0.2, 0.25) is 5.95 Å². The molecule has 0 radical (unpaired) electrons. The van der Waals surface area contributed by atoms with Crippen LogP contribution in [0.4, 0.5) is 11.6 Å². The minimum atomic E-state index is -1.18. The topological polar surface area (TPSA) is 181 Å². The van der Waals surface area contributed by atoms with Crippen molar-refractivity contribution in [2.45, 2.75) is 19.6 Å². The molecule has 0 fully saturated rings. The number of benzene rings is 1. The van der Waals surface area contributed by atoms with Crippen molar-refractivity contribution in [2.75, 3.05) is 12.0 Å². The van der Waals surface area contributed by atoms with E-state index in [9.17, 15) is 29.9 Å². The van der Waals surface area contributed by atoms with Crippen LogP contribution in [0.25, 0.3) is 11.2 Å². The van der Waals surface area contributed by atoms with Gasteiger partial charge in [-0.05, 0) is 24.6 Å². The lowest BCUT2D eigenvalue weighted by atomic mass is 10.1. The molecule has 0 spiro atoms. The normalized spacial score (nSPS) is 12.9. The number of aliphatic hydroxyl groups is 2. The van der Waals surface area contributed by atoms with Crippen molar-refractivity contribution in [3.05, 3.63) is 60.8 Å². The van der Waals surface area contributed by atoms with Crippen LogP contribution in [0.5, 0.6) is 0 Å². The number of aliphatic hydroxyl groups excluding tert-OH is 2. The summed E-state index contributed by atoms with van der Waals surface area (Å²) in [7, 11) is 1.43. The largest absolute Gasteiger partial charge is 0.394 e. The minimum Gasteiger partial charge on any atom is -0.394 e. The molecule has 0 amide bonds. The molecule has 13 heteroatoms. The van der Waals surface area contributed by atoms with E-state index in [1.54, 1.807) is 6.92 Å². The van der Waals surface area contributed by atoms with E-state index in [-0.39, 0.29) is 29.3 Å². The van der Waals surface area contributed by atoms with Gasteiger partial charge in [-0.15, -0.1) is 0 Å². The first kappa shape index (κ1) is 20.9. The van der Waals surface area contributed by atoms with Crippen molar-refractivity contribution >= 4 is 28.5 Å². The smallest absolute Gasteiger partial charge is 0.329 e. The van der Waals surface area contributed by atoms with E-state index in [1.165, 1.54) is 35.9 Å². The number of aryl methyl sites for hydroxylation is 1. The lowest BCUT2D eigenvalue weighted by molar-refractivity contribution is -0.384. The minimum absolute atomic E-state index is 0.0234. The average molecular weight is 417 g/mol. The summed E-state index contributed by atoms with van der Waals surface area (Å²) in [6, 6.07) is 5.75. The molecule has 0 bridgehead atoms. The van der Waals surface area contributed by atoms with Crippen LogP contribution in [0.1, 0.15) is 12.5 Å². The number of imidazole rings is 1. The highest BCUT2D eigenvalue weighted by molar-refractivity contribution is 5.99. The highest BCUT2D eigenvalue weighted by Crippen LogP contribution is 2.17. The molecule has 3 aromatic rings. The fourth-order valence-electron chi connectivity index (χ4n) is 2.79. The lowest BCUT2D eigenvalue weighted by Crippen LogP contribution is -2.30. The maximum atomic E-state index is 12.3. The zero-order valence-corrected chi connectivity index (χ0v) is 16.1. The fraction of sp³-hybridized carbons (Fsp3) is 0.294. The molecule has 0 saturated heterocycles. The van der Waals surface area contributed by atoms with Gasteiger partial charge in [0.1, 0.15) is 0 Å². The molecule has 4 N–H and O–H groups in total. The molecule has 0 aliphatic rings. The van der Waals surface area contributed by atoms with Gasteiger partial charge in [-0.25, -0.2) is 10.2 Å². The van der Waals surface area contributed by atoms with Gasteiger partial charge in [0, 0.05) is 19.2 Å². The number of nitrogens with zero attached hydrogens (tertiary/aromatic N) is 5. The van der Waals surface area contributed by atoms with Crippen LogP contribution in [0.2, 0.25) is 0 Å². The Kier molecular flexibility index (Phi) is 5.75. The van der Waals surface area contributed by atoms with Gasteiger partial charge in [0.15, 0.2) is 11.2 Å². The van der Waals surface area contributed by atoms with Gasteiger partial charge < -0.3 is 14.8 Å². The van der Waals surface area contributed by atoms with Crippen LogP contribution in [-0.2, 0) is 13.6 Å². The Morgan fingerprint density at radius 3 is 2.63 bits per heavy atom. The average Bonchev–Trinajstić information content (AvgIpc) is 3.09. The van der Waals surface area contributed by atoms with Gasteiger partial charge in [0.05, 0.1) is 29.9 Å². The zero-order valence-electron chi connectivity index (χ0n) is 16.1. The first-order chi connectivity index (χ1) is 14.2. The molecule has 0 saturated carbocycles. The molecule has 158 valence electrons. The maximum absolute atomic E-state index is 12.3. The van der Waals surface area contributed by atoms with E-state index < -0.39 is 28.9 Å².